The summed E-state index contributed by atoms with van der Waals surface area (Å²) >= 11 is 0. The highest BCUT2D eigenvalue weighted by Gasteiger charge is 2.31. The summed E-state index contributed by atoms with van der Waals surface area (Å²) in [5.74, 6) is 1.76. The Balaban J connectivity index is 0.00000261. The summed E-state index contributed by atoms with van der Waals surface area (Å²) in [6, 6.07) is 0. The van der Waals surface area contributed by atoms with Crippen LogP contribution < -0.4 is 5.32 Å². The maximum Gasteiger partial charge on any atom is 0.225 e. The van der Waals surface area contributed by atoms with Gasteiger partial charge in [-0.25, -0.2) is 0 Å². The molecule has 0 aromatic carbocycles. The molecular weight excluding hydrogens is 453 g/mol. The SMILES string of the molecule is CN=C(NCCN1CCN(C(=O)C2CCCC2)CC1)N1CCC(C)(C)C1.I. The third kappa shape index (κ3) is 6.21. The number of nitrogens with zero attached hydrogens (tertiary/aromatic N) is 4. The van der Waals surface area contributed by atoms with Crippen molar-refractivity contribution < 1.29 is 4.79 Å². The lowest BCUT2D eigenvalue weighted by atomic mass is 9.93. The second kappa shape index (κ2) is 10.3. The topological polar surface area (TPSA) is 51.2 Å². The van der Waals surface area contributed by atoms with Crippen molar-refractivity contribution in [3.63, 3.8) is 0 Å². The van der Waals surface area contributed by atoms with Crippen LogP contribution >= 0.6 is 24.0 Å². The molecule has 0 aromatic rings. The van der Waals surface area contributed by atoms with Gasteiger partial charge in [0.05, 0.1) is 0 Å². The van der Waals surface area contributed by atoms with Crippen molar-refractivity contribution in [2.75, 3.05) is 59.4 Å². The molecule has 1 saturated carbocycles. The molecule has 0 unspecified atom stereocenters. The van der Waals surface area contributed by atoms with Gasteiger partial charge in [-0.3, -0.25) is 14.7 Å². The molecule has 3 rings (SSSR count). The zero-order valence-electron chi connectivity index (χ0n) is 17.4. The van der Waals surface area contributed by atoms with Crippen LogP contribution in [0.3, 0.4) is 0 Å². The van der Waals surface area contributed by atoms with Gasteiger partial charge in [-0.2, -0.15) is 0 Å². The van der Waals surface area contributed by atoms with Crippen LogP contribution in [0.25, 0.3) is 0 Å². The van der Waals surface area contributed by atoms with Gasteiger partial charge >= 0.3 is 0 Å². The van der Waals surface area contributed by atoms with Crippen molar-refractivity contribution in [2.45, 2.75) is 46.0 Å². The summed E-state index contributed by atoms with van der Waals surface area (Å²) < 4.78 is 0. The maximum absolute atomic E-state index is 12.5. The van der Waals surface area contributed by atoms with E-state index in [9.17, 15) is 4.79 Å². The van der Waals surface area contributed by atoms with Crippen LogP contribution in [0.15, 0.2) is 4.99 Å². The smallest absolute Gasteiger partial charge is 0.225 e. The zero-order valence-corrected chi connectivity index (χ0v) is 19.7. The lowest BCUT2D eigenvalue weighted by Crippen LogP contribution is -2.52. The minimum absolute atomic E-state index is 0. The number of hydrogen-bond donors (Lipinski definition) is 1. The number of hydrogen-bond acceptors (Lipinski definition) is 3. The fraction of sp³-hybridized carbons (Fsp3) is 0.900. The van der Waals surface area contributed by atoms with E-state index in [1.165, 1.54) is 19.3 Å². The largest absolute Gasteiger partial charge is 0.355 e. The van der Waals surface area contributed by atoms with Gasteiger partial charge in [-0.15, -0.1) is 24.0 Å². The highest BCUT2D eigenvalue weighted by atomic mass is 127. The molecule has 1 N–H and O–H groups in total. The number of carbonyl (C=O) groups is 1. The molecule has 3 fully saturated rings. The van der Waals surface area contributed by atoms with E-state index in [2.05, 4.69) is 38.9 Å². The summed E-state index contributed by atoms with van der Waals surface area (Å²) in [7, 11) is 1.88. The van der Waals surface area contributed by atoms with E-state index in [-0.39, 0.29) is 24.0 Å². The van der Waals surface area contributed by atoms with Crippen LogP contribution in [0.2, 0.25) is 0 Å². The second-order valence-electron chi connectivity index (χ2n) is 8.96. The number of halogens is 1. The van der Waals surface area contributed by atoms with Crippen molar-refractivity contribution in [1.82, 2.24) is 20.0 Å². The number of nitrogens with one attached hydrogen (secondary N) is 1. The molecule has 7 heteroatoms. The summed E-state index contributed by atoms with van der Waals surface area (Å²) in [4.78, 5) is 23.9. The van der Waals surface area contributed by atoms with Gasteiger partial charge in [0.15, 0.2) is 5.96 Å². The molecule has 0 bridgehead atoms. The molecule has 1 aliphatic carbocycles. The third-order valence-electron chi connectivity index (χ3n) is 6.29. The molecule has 156 valence electrons. The van der Waals surface area contributed by atoms with E-state index in [0.717, 1.165) is 71.2 Å². The van der Waals surface area contributed by atoms with Crippen LogP contribution in [-0.4, -0.2) is 86.0 Å². The van der Waals surface area contributed by atoms with E-state index in [4.69, 9.17) is 0 Å². The molecule has 3 aliphatic rings. The molecule has 0 spiro atoms. The molecule has 6 nitrogen and oxygen atoms in total. The Kier molecular flexibility index (Phi) is 8.65. The van der Waals surface area contributed by atoms with Crippen molar-refractivity contribution in [2.24, 2.45) is 16.3 Å². The van der Waals surface area contributed by atoms with Crippen LogP contribution in [-0.2, 0) is 4.79 Å². The Hall–Kier alpha value is -0.570. The summed E-state index contributed by atoms with van der Waals surface area (Å²) in [5, 5.41) is 3.53. The van der Waals surface area contributed by atoms with E-state index in [0.29, 0.717) is 17.2 Å². The lowest BCUT2D eigenvalue weighted by Gasteiger charge is -2.36. The fourth-order valence-electron chi connectivity index (χ4n) is 4.57. The minimum Gasteiger partial charge on any atom is -0.355 e. The van der Waals surface area contributed by atoms with Crippen molar-refractivity contribution in [1.29, 1.82) is 0 Å². The number of piperazine rings is 1. The molecule has 0 aromatic heterocycles. The van der Waals surface area contributed by atoms with Gasteiger partial charge in [-0.1, -0.05) is 26.7 Å². The molecule has 2 heterocycles. The van der Waals surface area contributed by atoms with Gasteiger partial charge < -0.3 is 15.1 Å². The maximum atomic E-state index is 12.5. The normalized spacial score (nSPS) is 24.2. The highest BCUT2D eigenvalue weighted by Crippen LogP contribution is 2.28. The average molecular weight is 491 g/mol. The molecular formula is C20H38IN5O. The van der Waals surface area contributed by atoms with Gasteiger partial charge in [0.1, 0.15) is 0 Å². The number of carbonyl (C=O) groups excluding carboxylic acids is 1. The lowest BCUT2D eigenvalue weighted by molar-refractivity contribution is -0.137. The fourth-order valence-corrected chi connectivity index (χ4v) is 4.57. The van der Waals surface area contributed by atoms with Crippen LogP contribution in [0, 0.1) is 11.3 Å². The summed E-state index contributed by atoms with van der Waals surface area (Å²) in [5.41, 5.74) is 0.389. The Morgan fingerprint density at radius 1 is 1.07 bits per heavy atom. The molecule has 2 saturated heterocycles. The zero-order chi connectivity index (χ0) is 18.6. The number of likely N-dealkylation sites (tertiary alicyclic amines) is 1. The Morgan fingerprint density at radius 2 is 1.74 bits per heavy atom. The van der Waals surface area contributed by atoms with Crippen molar-refractivity contribution in [3.8, 4) is 0 Å². The molecule has 0 radical (unpaired) electrons. The highest BCUT2D eigenvalue weighted by molar-refractivity contribution is 14.0. The monoisotopic (exact) mass is 491 g/mol. The number of guanidine groups is 1. The standard InChI is InChI=1S/C20H37N5O.HI/c1-20(2)8-10-25(16-20)19(21-3)22-9-11-23-12-14-24(15-13-23)18(26)17-6-4-5-7-17;/h17H,4-16H2,1-3H3,(H,21,22);1H. The van der Waals surface area contributed by atoms with Crippen molar-refractivity contribution >= 4 is 35.8 Å². The van der Waals surface area contributed by atoms with Crippen LogP contribution in [0.4, 0.5) is 0 Å². The molecule has 0 atom stereocenters. The quantitative estimate of drug-likeness (QED) is 0.373. The predicted octanol–water partition coefficient (Wildman–Crippen LogP) is 2.25. The molecule has 2 aliphatic heterocycles. The first-order valence-corrected chi connectivity index (χ1v) is 10.5. The number of amides is 1. The van der Waals surface area contributed by atoms with Gasteiger partial charge in [0.25, 0.3) is 0 Å². The second-order valence-corrected chi connectivity index (χ2v) is 8.96. The van der Waals surface area contributed by atoms with Gasteiger partial charge in [0, 0.05) is 65.3 Å². The molecule has 27 heavy (non-hydrogen) atoms. The Morgan fingerprint density at radius 3 is 2.30 bits per heavy atom. The van der Waals surface area contributed by atoms with Crippen molar-refractivity contribution in [3.05, 3.63) is 0 Å². The third-order valence-corrected chi connectivity index (χ3v) is 6.29. The predicted molar refractivity (Wildman–Crippen MR) is 122 cm³/mol. The van der Waals surface area contributed by atoms with E-state index in [1.807, 2.05) is 7.05 Å². The Bertz CT molecular complexity index is 511. The first kappa shape index (κ1) is 22.7. The van der Waals surface area contributed by atoms with Gasteiger partial charge in [-0.05, 0) is 24.7 Å². The molecule has 1 amide bonds. The Labute approximate surface area is 182 Å². The van der Waals surface area contributed by atoms with Crippen LogP contribution in [0.1, 0.15) is 46.0 Å². The van der Waals surface area contributed by atoms with E-state index < -0.39 is 0 Å². The average Bonchev–Trinajstić information content (AvgIpc) is 3.28. The van der Waals surface area contributed by atoms with E-state index >= 15 is 0 Å². The van der Waals surface area contributed by atoms with Crippen LogP contribution in [0.5, 0.6) is 0 Å². The first-order valence-electron chi connectivity index (χ1n) is 10.5. The summed E-state index contributed by atoms with van der Waals surface area (Å²) in [6.07, 6.45) is 5.91. The minimum atomic E-state index is 0. The number of rotatable bonds is 4. The summed E-state index contributed by atoms with van der Waals surface area (Å²) in [6.45, 7) is 12.5. The van der Waals surface area contributed by atoms with Gasteiger partial charge in [0.2, 0.25) is 5.91 Å². The number of aliphatic imine (C=N–C) groups is 1. The first-order chi connectivity index (χ1) is 12.5. The van der Waals surface area contributed by atoms with E-state index in [1.54, 1.807) is 0 Å².